The van der Waals surface area contributed by atoms with Crippen LogP contribution < -0.4 is 5.32 Å². The van der Waals surface area contributed by atoms with Gasteiger partial charge in [0.25, 0.3) is 0 Å². The van der Waals surface area contributed by atoms with Gasteiger partial charge in [-0.1, -0.05) is 19.9 Å². The quantitative estimate of drug-likeness (QED) is 0.875. The van der Waals surface area contributed by atoms with Gasteiger partial charge in [0.15, 0.2) is 0 Å². The van der Waals surface area contributed by atoms with Gasteiger partial charge in [0.2, 0.25) is 0 Å². The van der Waals surface area contributed by atoms with Gasteiger partial charge in [0.1, 0.15) is 0 Å². The van der Waals surface area contributed by atoms with Gasteiger partial charge in [-0.15, -0.1) is 0 Å². The Labute approximate surface area is 109 Å². The highest BCUT2D eigenvalue weighted by atomic mass is 15.0. The minimum atomic E-state index is 0.412. The van der Waals surface area contributed by atoms with Crippen molar-refractivity contribution in [1.29, 1.82) is 0 Å². The second-order valence-corrected chi connectivity index (χ2v) is 4.95. The van der Waals surface area contributed by atoms with E-state index in [-0.39, 0.29) is 0 Å². The van der Waals surface area contributed by atoms with E-state index in [2.05, 4.69) is 53.2 Å². The highest BCUT2D eigenvalue weighted by Gasteiger charge is 2.14. The first-order chi connectivity index (χ1) is 8.70. The molecular weight excluding hydrogens is 222 g/mol. The summed E-state index contributed by atoms with van der Waals surface area (Å²) in [6.07, 6.45) is 6.16. The van der Waals surface area contributed by atoms with Crippen LogP contribution in [0.3, 0.4) is 0 Å². The molecule has 1 atom stereocenters. The summed E-state index contributed by atoms with van der Waals surface area (Å²) in [5, 5.41) is 3.37. The summed E-state index contributed by atoms with van der Waals surface area (Å²) in [5.41, 5.74) is 2.42. The lowest BCUT2D eigenvalue weighted by atomic mass is 9.99. The number of nitrogens with one attached hydrogen (secondary N) is 1. The molecule has 0 spiro atoms. The molecule has 2 aromatic heterocycles. The molecule has 2 aromatic rings. The van der Waals surface area contributed by atoms with Crippen molar-refractivity contribution in [2.45, 2.75) is 26.4 Å². The van der Waals surface area contributed by atoms with E-state index >= 15 is 0 Å². The zero-order chi connectivity index (χ0) is 13.0. The van der Waals surface area contributed by atoms with E-state index in [0.29, 0.717) is 12.0 Å². The Morgan fingerprint density at radius 2 is 2.11 bits per heavy atom. The van der Waals surface area contributed by atoms with E-state index in [0.717, 1.165) is 12.2 Å². The molecule has 0 bridgehead atoms. The molecule has 1 N–H and O–H groups in total. The molecule has 0 aliphatic rings. The average Bonchev–Trinajstić information content (AvgIpc) is 2.79. The van der Waals surface area contributed by atoms with Crippen LogP contribution in [-0.4, -0.2) is 16.6 Å². The highest BCUT2D eigenvalue weighted by Crippen LogP contribution is 2.21. The van der Waals surface area contributed by atoms with Crippen molar-refractivity contribution in [3.63, 3.8) is 0 Å². The monoisotopic (exact) mass is 243 g/mol. The molecule has 96 valence electrons. The fourth-order valence-electron chi connectivity index (χ4n) is 2.31. The molecule has 0 aliphatic heterocycles. The normalized spacial score (nSPS) is 12.9. The summed E-state index contributed by atoms with van der Waals surface area (Å²) >= 11 is 0. The molecule has 2 heterocycles. The zero-order valence-corrected chi connectivity index (χ0v) is 11.3. The van der Waals surface area contributed by atoms with Crippen LogP contribution in [0.4, 0.5) is 0 Å². The number of rotatable bonds is 5. The molecule has 1 unspecified atom stereocenters. The third-order valence-electron chi connectivity index (χ3n) is 3.18. The average molecular weight is 243 g/mol. The molecule has 0 saturated heterocycles. The second kappa shape index (κ2) is 5.83. The molecule has 0 fully saturated rings. The lowest BCUT2D eigenvalue weighted by Crippen LogP contribution is -2.21. The Hall–Kier alpha value is -1.61. The van der Waals surface area contributed by atoms with Crippen LogP contribution in [0, 0.1) is 5.92 Å². The third-order valence-corrected chi connectivity index (χ3v) is 3.18. The standard InChI is InChI=1S/C15H21N3/c1-12(2)15(16-3)13-7-9-18(10-13)11-14-6-4-5-8-17-14/h4-10,12,15-16H,11H2,1-3H3. The summed E-state index contributed by atoms with van der Waals surface area (Å²) < 4.78 is 2.18. The summed E-state index contributed by atoms with van der Waals surface area (Å²) in [7, 11) is 2.01. The fourth-order valence-corrected chi connectivity index (χ4v) is 2.31. The van der Waals surface area contributed by atoms with Crippen LogP contribution in [0.1, 0.15) is 31.1 Å². The van der Waals surface area contributed by atoms with E-state index in [1.807, 2.05) is 25.4 Å². The predicted octanol–water partition coefficient (Wildman–Crippen LogP) is 2.85. The first kappa shape index (κ1) is 12.8. The van der Waals surface area contributed by atoms with Crippen molar-refractivity contribution in [2.75, 3.05) is 7.05 Å². The van der Waals surface area contributed by atoms with Crippen molar-refractivity contribution in [3.05, 3.63) is 54.1 Å². The summed E-state index contributed by atoms with van der Waals surface area (Å²) in [4.78, 5) is 4.35. The van der Waals surface area contributed by atoms with E-state index in [4.69, 9.17) is 0 Å². The van der Waals surface area contributed by atoms with E-state index in [1.54, 1.807) is 0 Å². The molecular formula is C15H21N3. The number of pyridine rings is 1. The number of hydrogen-bond donors (Lipinski definition) is 1. The molecule has 0 aliphatic carbocycles. The highest BCUT2D eigenvalue weighted by molar-refractivity contribution is 5.17. The van der Waals surface area contributed by atoms with Crippen LogP contribution in [0.5, 0.6) is 0 Å². The number of nitrogens with zero attached hydrogens (tertiary/aromatic N) is 2. The Balaban J connectivity index is 2.11. The van der Waals surface area contributed by atoms with Gasteiger partial charge in [-0.05, 0) is 36.7 Å². The molecule has 0 aromatic carbocycles. The molecule has 3 nitrogen and oxygen atoms in total. The van der Waals surface area contributed by atoms with Crippen LogP contribution in [-0.2, 0) is 6.54 Å². The maximum Gasteiger partial charge on any atom is 0.0642 e. The first-order valence-electron chi connectivity index (χ1n) is 6.43. The van der Waals surface area contributed by atoms with Gasteiger partial charge in [0, 0.05) is 24.6 Å². The Morgan fingerprint density at radius 3 is 2.72 bits per heavy atom. The fraction of sp³-hybridized carbons (Fsp3) is 0.400. The van der Waals surface area contributed by atoms with Crippen molar-refractivity contribution in [2.24, 2.45) is 5.92 Å². The maximum absolute atomic E-state index is 4.35. The molecule has 3 heteroatoms. The largest absolute Gasteiger partial charge is 0.348 e. The summed E-state index contributed by atoms with van der Waals surface area (Å²) in [6, 6.07) is 8.62. The third kappa shape index (κ3) is 2.99. The molecule has 0 amide bonds. The zero-order valence-electron chi connectivity index (χ0n) is 11.3. The topological polar surface area (TPSA) is 29.9 Å². The van der Waals surface area contributed by atoms with Gasteiger partial charge in [0.05, 0.1) is 12.2 Å². The predicted molar refractivity (Wildman–Crippen MR) is 74.4 cm³/mol. The van der Waals surface area contributed by atoms with Crippen LogP contribution >= 0.6 is 0 Å². The van der Waals surface area contributed by atoms with Gasteiger partial charge >= 0.3 is 0 Å². The van der Waals surface area contributed by atoms with Gasteiger partial charge in [-0.3, -0.25) is 4.98 Å². The smallest absolute Gasteiger partial charge is 0.0642 e. The number of aromatic nitrogens is 2. The Morgan fingerprint density at radius 1 is 1.28 bits per heavy atom. The molecule has 0 radical (unpaired) electrons. The van der Waals surface area contributed by atoms with Crippen LogP contribution in [0.25, 0.3) is 0 Å². The molecule has 2 rings (SSSR count). The van der Waals surface area contributed by atoms with E-state index < -0.39 is 0 Å². The van der Waals surface area contributed by atoms with Crippen molar-refractivity contribution in [3.8, 4) is 0 Å². The lowest BCUT2D eigenvalue weighted by Gasteiger charge is -2.18. The SMILES string of the molecule is CNC(c1ccn(Cc2ccccn2)c1)C(C)C. The van der Waals surface area contributed by atoms with Crippen molar-refractivity contribution >= 4 is 0 Å². The summed E-state index contributed by atoms with van der Waals surface area (Å²) in [5.74, 6) is 0.584. The van der Waals surface area contributed by atoms with Crippen molar-refractivity contribution < 1.29 is 0 Å². The summed E-state index contributed by atoms with van der Waals surface area (Å²) in [6.45, 7) is 5.30. The first-order valence-corrected chi connectivity index (χ1v) is 6.43. The number of hydrogen-bond acceptors (Lipinski definition) is 2. The minimum absolute atomic E-state index is 0.412. The van der Waals surface area contributed by atoms with Crippen LogP contribution in [0.15, 0.2) is 42.9 Å². The van der Waals surface area contributed by atoms with Crippen LogP contribution in [0.2, 0.25) is 0 Å². The lowest BCUT2D eigenvalue weighted by molar-refractivity contribution is 0.442. The Bertz CT molecular complexity index is 473. The Kier molecular flexibility index (Phi) is 4.15. The van der Waals surface area contributed by atoms with Crippen molar-refractivity contribution in [1.82, 2.24) is 14.9 Å². The van der Waals surface area contributed by atoms with Gasteiger partial charge < -0.3 is 9.88 Å². The molecule has 18 heavy (non-hydrogen) atoms. The maximum atomic E-state index is 4.35. The second-order valence-electron chi connectivity index (χ2n) is 4.95. The van der Waals surface area contributed by atoms with E-state index in [9.17, 15) is 0 Å². The minimum Gasteiger partial charge on any atom is -0.348 e. The van der Waals surface area contributed by atoms with E-state index in [1.165, 1.54) is 5.56 Å². The molecule has 0 saturated carbocycles. The van der Waals surface area contributed by atoms with Gasteiger partial charge in [-0.2, -0.15) is 0 Å². The van der Waals surface area contributed by atoms with Gasteiger partial charge in [-0.25, -0.2) is 0 Å².